The van der Waals surface area contributed by atoms with Gasteiger partial charge in [-0.2, -0.15) is 18.3 Å². The third-order valence-electron chi connectivity index (χ3n) is 3.11. The lowest BCUT2D eigenvalue weighted by Gasteiger charge is -2.10. The van der Waals surface area contributed by atoms with Crippen molar-refractivity contribution in [3.63, 3.8) is 0 Å². The molecule has 0 aliphatic heterocycles. The van der Waals surface area contributed by atoms with Crippen molar-refractivity contribution in [2.75, 3.05) is 5.73 Å². The quantitative estimate of drug-likeness (QED) is 0.849. The molecule has 1 aromatic carbocycles. The average molecular weight is 320 g/mol. The second kappa shape index (κ2) is 5.97. The van der Waals surface area contributed by atoms with Crippen molar-refractivity contribution >= 4 is 18.1 Å². The molecule has 1 aromatic heterocycles. The van der Waals surface area contributed by atoms with Crippen LogP contribution in [0.25, 0.3) is 11.1 Å². The molecule has 116 valence electrons. The van der Waals surface area contributed by atoms with Crippen LogP contribution in [0.5, 0.6) is 0 Å². The molecule has 0 aliphatic carbocycles. The van der Waals surface area contributed by atoms with Gasteiger partial charge in [0.25, 0.3) is 0 Å². The maximum absolute atomic E-state index is 12.4. The fraction of sp³-hybridized carbons (Fsp3) is 0.357. The van der Waals surface area contributed by atoms with Crippen molar-refractivity contribution in [1.82, 2.24) is 9.78 Å². The van der Waals surface area contributed by atoms with Crippen LogP contribution < -0.4 is 5.73 Å². The SMILES string of the molecule is Cc1cc(N)cc(C)c1-c1cn(CC(F)(F)F)nc1C.Cl. The topological polar surface area (TPSA) is 43.8 Å². The molecule has 21 heavy (non-hydrogen) atoms. The molecule has 3 nitrogen and oxygen atoms in total. The van der Waals surface area contributed by atoms with Gasteiger partial charge in [-0.05, 0) is 49.6 Å². The minimum atomic E-state index is -4.28. The highest BCUT2D eigenvalue weighted by atomic mass is 35.5. The van der Waals surface area contributed by atoms with E-state index in [9.17, 15) is 13.2 Å². The Labute approximate surface area is 127 Å². The number of benzene rings is 1. The van der Waals surface area contributed by atoms with Gasteiger partial charge < -0.3 is 5.73 Å². The van der Waals surface area contributed by atoms with E-state index >= 15 is 0 Å². The van der Waals surface area contributed by atoms with E-state index in [0.29, 0.717) is 16.9 Å². The van der Waals surface area contributed by atoms with Crippen LogP contribution in [-0.2, 0) is 6.54 Å². The van der Waals surface area contributed by atoms with Crippen LogP contribution in [0.15, 0.2) is 18.3 Å². The number of aromatic nitrogens is 2. The van der Waals surface area contributed by atoms with E-state index in [4.69, 9.17) is 5.73 Å². The Morgan fingerprint density at radius 2 is 1.67 bits per heavy atom. The molecule has 2 N–H and O–H groups in total. The first kappa shape index (κ1) is 17.4. The number of hydrogen-bond donors (Lipinski definition) is 1. The molecule has 0 atom stereocenters. The zero-order valence-corrected chi connectivity index (χ0v) is 12.8. The molecule has 0 saturated heterocycles. The number of nitrogen functional groups attached to an aromatic ring is 1. The van der Waals surface area contributed by atoms with E-state index in [1.807, 2.05) is 26.0 Å². The van der Waals surface area contributed by atoms with Gasteiger partial charge in [0.1, 0.15) is 6.54 Å². The molecule has 2 aromatic rings. The predicted octanol–water partition coefficient (Wildman–Crippen LogP) is 4.04. The van der Waals surface area contributed by atoms with Gasteiger partial charge in [0.15, 0.2) is 0 Å². The molecule has 0 unspecified atom stereocenters. The standard InChI is InChI=1S/C14H16F3N3.ClH/c1-8-4-11(18)5-9(2)13(8)12-6-20(19-10(12)3)7-14(15,16)17;/h4-6H,7,18H2,1-3H3;1H. The number of nitrogens with two attached hydrogens (primary N) is 1. The van der Waals surface area contributed by atoms with E-state index in [0.717, 1.165) is 21.4 Å². The summed E-state index contributed by atoms with van der Waals surface area (Å²) in [4.78, 5) is 0. The van der Waals surface area contributed by atoms with Gasteiger partial charge in [0, 0.05) is 17.4 Å². The van der Waals surface area contributed by atoms with E-state index in [-0.39, 0.29) is 12.4 Å². The molecular weight excluding hydrogens is 303 g/mol. The molecule has 0 amide bonds. The first-order chi connectivity index (χ1) is 9.17. The van der Waals surface area contributed by atoms with Crippen LogP contribution in [0, 0.1) is 20.8 Å². The second-order valence-electron chi connectivity index (χ2n) is 4.97. The molecule has 1 heterocycles. The molecule has 2 rings (SSSR count). The Morgan fingerprint density at radius 1 is 1.14 bits per heavy atom. The fourth-order valence-electron chi connectivity index (χ4n) is 2.45. The Kier molecular flexibility index (Phi) is 4.94. The summed E-state index contributed by atoms with van der Waals surface area (Å²) in [5.41, 5.74) is 10.4. The second-order valence-corrected chi connectivity index (χ2v) is 4.97. The van der Waals surface area contributed by atoms with Gasteiger partial charge in [-0.1, -0.05) is 0 Å². The summed E-state index contributed by atoms with van der Waals surface area (Å²) in [7, 11) is 0. The smallest absolute Gasteiger partial charge is 0.399 e. The first-order valence-corrected chi connectivity index (χ1v) is 6.15. The number of alkyl halides is 3. The van der Waals surface area contributed by atoms with E-state index in [1.165, 1.54) is 6.20 Å². The maximum Gasteiger partial charge on any atom is 0.408 e. The normalized spacial score (nSPS) is 11.3. The number of halogens is 4. The largest absolute Gasteiger partial charge is 0.408 e. The van der Waals surface area contributed by atoms with Crippen molar-refractivity contribution in [2.45, 2.75) is 33.5 Å². The number of hydrogen-bond acceptors (Lipinski definition) is 2. The van der Waals surface area contributed by atoms with Crippen LogP contribution in [-0.4, -0.2) is 16.0 Å². The molecule has 0 radical (unpaired) electrons. The van der Waals surface area contributed by atoms with Gasteiger partial charge in [0.05, 0.1) is 5.69 Å². The Bertz CT molecular complexity index is 624. The minimum Gasteiger partial charge on any atom is -0.399 e. The first-order valence-electron chi connectivity index (χ1n) is 6.15. The lowest BCUT2D eigenvalue weighted by atomic mass is 9.96. The van der Waals surface area contributed by atoms with Crippen LogP contribution >= 0.6 is 12.4 Å². The summed E-state index contributed by atoms with van der Waals surface area (Å²) >= 11 is 0. The molecule has 7 heteroatoms. The number of anilines is 1. The van der Waals surface area contributed by atoms with E-state index in [2.05, 4.69) is 5.10 Å². The summed E-state index contributed by atoms with van der Waals surface area (Å²) in [6, 6.07) is 3.62. The highest BCUT2D eigenvalue weighted by Gasteiger charge is 2.29. The summed E-state index contributed by atoms with van der Waals surface area (Å²) in [6.45, 7) is 4.40. The van der Waals surface area contributed by atoms with Crippen LogP contribution in [0.3, 0.4) is 0 Å². The van der Waals surface area contributed by atoms with Gasteiger partial charge in [-0.15, -0.1) is 12.4 Å². The van der Waals surface area contributed by atoms with Crippen LogP contribution in [0.2, 0.25) is 0 Å². The Morgan fingerprint density at radius 3 is 2.14 bits per heavy atom. The van der Waals surface area contributed by atoms with Crippen molar-refractivity contribution < 1.29 is 13.2 Å². The molecule has 0 saturated carbocycles. The lowest BCUT2D eigenvalue weighted by Crippen LogP contribution is -2.17. The van der Waals surface area contributed by atoms with E-state index in [1.54, 1.807) is 6.92 Å². The Hall–Kier alpha value is -1.69. The molecule has 0 spiro atoms. The summed E-state index contributed by atoms with van der Waals surface area (Å²) in [5, 5.41) is 3.94. The van der Waals surface area contributed by atoms with Gasteiger partial charge in [0.2, 0.25) is 0 Å². The predicted molar refractivity (Wildman–Crippen MR) is 79.6 cm³/mol. The third kappa shape index (κ3) is 3.91. The number of aryl methyl sites for hydroxylation is 3. The summed E-state index contributed by atoms with van der Waals surface area (Å²) in [6.07, 6.45) is -2.84. The zero-order valence-electron chi connectivity index (χ0n) is 12.0. The lowest BCUT2D eigenvalue weighted by molar-refractivity contribution is -0.142. The van der Waals surface area contributed by atoms with E-state index < -0.39 is 12.7 Å². The monoisotopic (exact) mass is 319 g/mol. The minimum absolute atomic E-state index is 0. The molecule has 0 bridgehead atoms. The molecular formula is C14H17ClF3N3. The zero-order chi connectivity index (χ0) is 15.1. The van der Waals surface area contributed by atoms with Crippen molar-refractivity contribution in [1.29, 1.82) is 0 Å². The molecule has 0 aliphatic rings. The number of nitrogens with zero attached hydrogens (tertiary/aromatic N) is 2. The highest BCUT2D eigenvalue weighted by molar-refractivity contribution is 5.85. The van der Waals surface area contributed by atoms with Crippen molar-refractivity contribution in [2.24, 2.45) is 0 Å². The van der Waals surface area contributed by atoms with Gasteiger partial charge >= 0.3 is 6.18 Å². The Balaban J connectivity index is 0.00000220. The maximum atomic E-state index is 12.4. The van der Waals surface area contributed by atoms with Crippen molar-refractivity contribution in [3.05, 3.63) is 35.2 Å². The fourth-order valence-corrected chi connectivity index (χ4v) is 2.45. The summed E-state index contributed by atoms with van der Waals surface area (Å²) < 4.78 is 38.2. The van der Waals surface area contributed by atoms with Crippen LogP contribution in [0.4, 0.5) is 18.9 Å². The third-order valence-corrected chi connectivity index (χ3v) is 3.11. The highest BCUT2D eigenvalue weighted by Crippen LogP contribution is 2.31. The summed E-state index contributed by atoms with van der Waals surface area (Å²) in [5.74, 6) is 0. The molecule has 0 fully saturated rings. The average Bonchev–Trinajstić information content (AvgIpc) is 2.55. The number of rotatable bonds is 2. The van der Waals surface area contributed by atoms with Crippen LogP contribution in [0.1, 0.15) is 16.8 Å². The van der Waals surface area contributed by atoms with Gasteiger partial charge in [-0.25, -0.2) is 0 Å². The van der Waals surface area contributed by atoms with Gasteiger partial charge in [-0.3, -0.25) is 4.68 Å². The van der Waals surface area contributed by atoms with Crippen molar-refractivity contribution in [3.8, 4) is 11.1 Å².